The van der Waals surface area contributed by atoms with Crippen molar-refractivity contribution in [1.82, 2.24) is 4.90 Å². The van der Waals surface area contributed by atoms with Gasteiger partial charge in [-0.05, 0) is 25.0 Å². The van der Waals surface area contributed by atoms with Gasteiger partial charge < -0.3 is 10.6 Å². The molecule has 2 N–H and O–H groups in total. The summed E-state index contributed by atoms with van der Waals surface area (Å²) in [6, 6.07) is 7.83. The molecule has 1 amide bonds. The van der Waals surface area contributed by atoms with Gasteiger partial charge in [0.05, 0.1) is 0 Å². The lowest BCUT2D eigenvalue weighted by atomic mass is 10.1. The van der Waals surface area contributed by atoms with Gasteiger partial charge in [0.1, 0.15) is 0 Å². The fraction of sp³-hybridized carbons (Fsp3) is 0.417. The van der Waals surface area contributed by atoms with Gasteiger partial charge in [0.25, 0.3) is 5.91 Å². The molecular formula is C12H17ClN2O. The van der Waals surface area contributed by atoms with Crippen LogP contribution in [0, 0.1) is 6.92 Å². The minimum Gasteiger partial charge on any atom is -0.337 e. The molecule has 88 valence electrons. The van der Waals surface area contributed by atoms with Crippen molar-refractivity contribution in [3.63, 3.8) is 0 Å². The third-order valence-corrected chi connectivity index (χ3v) is 2.89. The maximum atomic E-state index is 12.1. The van der Waals surface area contributed by atoms with E-state index >= 15 is 0 Å². The van der Waals surface area contributed by atoms with Gasteiger partial charge in [-0.3, -0.25) is 4.79 Å². The van der Waals surface area contributed by atoms with E-state index in [0.717, 1.165) is 24.1 Å². The molecule has 0 radical (unpaired) electrons. The van der Waals surface area contributed by atoms with Crippen molar-refractivity contribution in [2.75, 3.05) is 13.1 Å². The number of likely N-dealkylation sites (tertiary alicyclic amines) is 1. The van der Waals surface area contributed by atoms with Crippen LogP contribution in [0.5, 0.6) is 0 Å². The van der Waals surface area contributed by atoms with E-state index in [4.69, 9.17) is 5.73 Å². The number of amides is 1. The third-order valence-electron chi connectivity index (χ3n) is 2.89. The lowest BCUT2D eigenvalue weighted by molar-refractivity contribution is 0.0790. The molecule has 1 saturated heterocycles. The Hall–Kier alpha value is -1.06. The number of nitrogens with zero attached hydrogens (tertiary/aromatic N) is 1. The van der Waals surface area contributed by atoms with E-state index in [1.165, 1.54) is 0 Å². The topological polar surface area (TPSA) is 46.3 Å². The van der Waals surface area contributed by atoms with Crippen LogP contribution >= 0.6 is 12.4 Å². The van der Waals surface area contributed by atoms with E-state index in [1.807, 2.05) is 36.1 Å². The molecule has 1 heterocycles. The van der Waals surface area contributed by atoms with Crippen LogP contribution in [0.1, 0.15) is 22.3 Å². The minimum absolute atomic E-state index is 0. The monoisotopic (exact) mass is 240 g/mol. The van der Waals surface area contributed by atoms with Crippen molar-refractivity contribution in [2.24, 2.45) is 5.73 Å². The Morgan fingerprint density at radius 3 is 2.69 bits per heavy atom. The summed E-state index contributed by atoms with van der Waals surface area (Å²) in [6.45, 7) is 3.44. The molecule has 1 aliphatic rings. The second-order valence-electron chi connectivity index (χ2n) is 4.11. The number of nitrogens with two attached hydrogens (primary N) is 1. The van der Waals surface area contributed by atoms with Gasteiger partial charge in [0.2, 0.25) is 0 Å². The zero-order valence-electron chi connectivity index (χ0n) is 9.35. The molecule has 2 rings (SSSR count). The fourth-order valence-corrected chi connectivity index (χ4v) is 1.95. The largest absolute Gasteiger partial charge is 0.337 e. The molecule has 0 saturated carbocycles. The number of benzene rings is 1. The van der Waals surface area contributed by atoms with Gasteiger partial charge >= 0.3 is 0 Å². The maximum Gasteiger partial charge on any atom is 0.254 e. The molecule has 16 heavy (non-hydrogen) atoms. The van der Waals surface area contributed by atoms with Crippen LogP contribution in [-0.2, 0) is 0 Å². The van der Waals surface area contributed by atoms with Gasteiger partial charge in [-0.15, -0.1) is 12.4 Å². The Balaban J connectivity index is 0.00000128. The van der Waals surface area contributed by atoms with Crippen LogP contribution < -0.4 is 5.73 Å². The molecule has 1 atom stereocenters. The second-order valence-corrected chi connectivity index (χ2v) is 4.11. The Bertz CT molecular complexity index is 381. The van der Waals surface area contributed by atoms with E-state index in [9.17, 15) is 4.79 Å². The second kappa shape index (κ2) is 5.32. The number of rotatable bonds is 1. The van der Waals surface area contributed by atoms with Gasteiger partial charge in [0.15, 0.2) is 0 Å². The molecule has 3 nitrogen and oxygen atoms in total. The minimum atomic E-state index is 0. The normalized spacial score (nSPS) is 19.4. The predicted octanol–water partition coefficient (Wildman–Crippen LogP) is 1.59. The highest BCUT2D eigenvalue weighted by atomic mass is 35.5. The smallest absolute Gasteiger partial charge is 0.254 e. The first-order valence-electron chi connectivity index (χ1n) is 5.29. The van der Waals surface area contributed by atoms with Crippen LogP contribution in [0.3, 0.4) is 0 Å². The van der Waals surface area contributed by atoms with Gasteiger partial charge in [0, 0.05) is 24.7 Å². The summed E-state index contributed by atoms with van der Waals surface area (Å²) in [6.07, 6.45) is 0.914. The quantitative estimate of drug-likeness (QED) is 0.811. The molecule has 4 heteroatoms. The molecule has 1 aromatic carbocycles. The lowest BCUT2D eigenvalue weighted by Gasteiger charge is -2.16. The molecular weight excluding hydrogens is 224 g/mol. The summed E-state index contributed by atoms with van der Waals surface area (Å²) in [5, 5.41) is 0. The summed E-state index contributed by atoms with van der Waals surface area (Å²) >= 11 is 0. The average Bonchev–Trinajstić information content (AvgIpc) is 2.65. The van der Waals surface area contributed by atoms with E-state index in [2.05, 4.69) is 0 Å². The molecule has 0 spiro atoms. The van der Waals surface area contributed by atoms with Crippen molar-refractivity contribution in [2.45, 2.75) is 19.4 Å². The van der Waals surface area contributed by atoms with E-state index < -0.39 is 0 Å². The summed E-state index contributed by atoms with van der Waals surface area (Å²) in [4.78, 5) is 13.9. The average molecular weight is 241 g/mol. The molecule has 1 aromatic rings. The highest BCUT2D eigenvalue weighted by Crippen LogP contribution is 2.14. The first-order chi connectivity index (χ1) is 7.18. The Morgan fingerprint density at radius 1 is 1.44 bits per heavy atom. The van der Waals surface area contributed by atoms with Crippen LogP contribution in [0.2, 0.25) is 0 Å². The molecule has 0 aliphatic carbocycles. The van der Waals surface area contributed by atoms with Gasteiger partial charge in [-0.2, -0.15) is 0 Å². The highest BCUT2D eigenvalue weighted by Gasteiger charge is 2.24. The van der Waals surface area contributed by atoms with Crippen molar-refractivity contribution in [3.8, 4) is 0 Å². The van der Waals surface area contributed by atoms with Crippen LogP contribution in [-0.4, -0.2) is 29.9 Å². The first kappa shape index (κ1) is 13.0. The molecule has 1 aliphatic heterocycles. The number of hydrogen-bond acceptors (Lipinski definition) is 2. The van der Waals surface area contributed by atoms with Crippen molar-refractivity contribution in [3.05, 3.63) is 35.4 Å². The Kier molecular flexibility index (Phi) is 4.33. The summed E-state index contributed by atoms with van der Waals surface area (Å²) in [5.74, 6) is 0.112. The van der Waals surface area contributed by atoms with E-state index in [-0.39, 0.29) is 24.4 Å². The van der Waals surface area contributed by atoms with Crippen LogP contribution in [0.25, 0.3) is 0 Å². The first-order valence-corrected chi connectivity index (χ1v) is 5.29. The number of aryl methyl sites for hydroxylation is 1. The fourth-order valence-electron chi connectivity index (χ4n) is 1.95. The predicted molar refractivity (Wildman–Crippen MR) is 66.9 cm³/mol. The molecule has 1 fully saturated rings. The highest BCUT2D eigenvalue weighted by molar-refractivity contribution is 5.95. The number of hydrogen-bond donors (Lipinski definition) is 1. The van der Waals surface area contributed by atoms with Gasteiger partial charge in [-0.25, -0.2) is 0 Å². The van der Waals surface area contributed by atoms with Gasteiger partial charge in [-0.1, -0.05) is 18.2 Å². The van der Waals surface area contributed by atoms with Crippen LogP contribution in [0.4, 0.5) is 0 Å². The van der Waals surface area contributed by atoms with Crippen molar-refractivity contribution in [1.29, 1.82) is 0 Å². The maximum absolute atomic E-state index is 12.1. The molecule has 0 aromatic heterocycles. The number of carbonyl (C=O) groups excluding carboxylic acids is 1. The van der Waals surface area contributed by atoms with Crippen LogP contribution in [0.15, 0.2) is 24.3 Å². The van der Waals surface area contributed by atoms with Crippen molar-refractivity contribution >= 4 is 18.3 Å². The third kappa shape index (κ3) is 2.54. The summed E-state index contributed by atoms with van der Waals surface area (Å²) in [5.41, 5.74) is 7.61. The Labute approximate surface area is 102 Å². The summed E-state index contributed by atoms with van der Waals surface area (Å²) < 4.78 is 0. The van der Waals surface area contributed by atoms with E-state index in [1.54, 1.807) is 0 Å². The zero-order chi connectivity index (χ0) is 10.8. The number of carbonyl (C=O) groups is 1. The Morgan fingerprint density at radius 2 is 2.12 bits per heavy atom. The molecule has 0 unspecified atom stereocenters. The van der Waals surface area contributed by atoms with E-state index in [0.29, 0.717) is 6.54 Å². The zero-order valence-corrected chi connectivity index (χ0v) is 10.2. The molecule has 0 bridgehead atoms. The standard InChI is InChI=1S/C12H16N2O.ClH/c1-9-4-2-3-5-11(9)12(15)14-7-6-10(13)8-14;/h2-5,10H,6-8,13H2,1H3;1H/t10-;/m1./s1. The summed E-state index contributed by atoms with van der Waals surface area (Å²) in [7, 11) is 0. The number of halogens is 1. The lowest BCUT2D eigenvalue weighted by Crippen LogP contribution is -2.32. The SMILES string of the molecule is Cc1ccccc1C(=O)N1CC[C@@H](N)C1.Cl. The van der Waals surface area contributed by atoms with Crippen molar-refractivity contribution < 1.29 is 4.79 Å².